The van der Waals surface area contributed by atoms with Gasteiger partial charge in [0.15, 0.2) is 5.11 Å². The van der Waals surface area contributed by atoms with E-state index < -0.39 is 0 Å². The fourth-order valence-electron chi connectivity index (χ4n) is 6.50. The van der Waals surface area contributed by atoms with Gasteiger partial charge in [0.25, 0.3) is 0 Å². The second-order valence-corrected chi connectivity index (χ2v) is 11.9. The molecule has 3 saturated heterocycles. The van der Waals surface area contributed by atoms with Gasteiger partial charge in [-0.1, -0.05) is 62.7 Å². The van der Waals surface area contributed by atoms with Crippen LogP contribution >= 0.6 is 12.2 Å². The summed E-state index contributed by atoms with van der Waals surface area (Å²) in [6.45, 7) is 11.2. The zero-order chi connectivity index (χ0) is 26.7. The molecule has 204 valence electrons. The number of carbonyl (C=O) groups excluding carboxylic acids is 1. The summed E-state index contributed by atoms with van der Waals surface area (Å²) >= 11 is 5.80. The fourth-order valence-corrected chi connectivity index (χ4v) is 6.80. The molecular weight excluding hydrogens is 490 g/mol. The quantitative estimate of drug-likeness (QED) is 0.510. The van der Waals surface area contributed by atoms with Crippen LogP contribution < -0.4 is 10.6 Å². The second-order valence-electron chi connectivity index (χ2n) is 11.5. The normalized spacial score (nSPS) is 23.1. The van der Waals surface area contributed by atoms with Gasteiger partial charge in [0.05, 0.1) is 11.7 Å². The van der Waals surface area contributed by atoms with E-state index in [1.165, 1.54) is 11.1 Å². The third-order valence-corrected chi connectivity index (χ3v) is 9.28. The summed E-state index contributed by atoms with van der Waals surface area (Å²) in [4.78, 5) is 21.0. The van der Waals surface area contributed by atoms with Crippen molar-refractivity contribution >= 4 is 28.9 Å². The zero-order valence-electron chi connectivity index (χ0n) is 23.2. The Labute approximate surface area is 233 Å². The predicted octanol–water partition coefficient (Wildman–Crippen LogP) is 5.00. The Hall–Kier alpha value is -2.48. The van der Waals surface area contributed by atoms with Gasteiger partial charge in [-0.2, -0.15) is 0 Å². The Balaban J connectivity index is 1.25. The van der Waals surface area contributed by atoms with Crippen LogP contribution in [0.1, 0.15) is 57.1 Å². The van der Waals surface area contributed by atoms with Crippen LogP contribution in [0.3, 0.4) is 0 Å². The van der Waals surface area contributed by atoms with Crippen LogP contribution in [0.15, 0.2) is 54.6 Å². The minimum absolute atomic E-state index is 0.0914. The molecule has 3 aliphatic rings. The van der Waals surface area contributed by atoms with Crippen molar-refractivity contribution in [3.8, 4) is 0 Å². The van der Waals surface area contributed by atoms with Crippen molar-refractivity contribution in [1.29, 1.82) is 0 Å². The average molecular weight is 534 g/mol. The highest BCUT2D eigenvalue weighted by Gasteiger charge is 2.55. The van der Waals surface area contributed by atoms with Crippen LogP contribution in [-0.2, 0) is 11.3 Å². The minimum atomic E-state index is -0.271. The van der Waals surface area contributed by atoms with Crippen molar-refractivity contribution in [3.63, 3.8) is 0 Å². The largest absolute Gasteiger partial charge is 0.349 e. The number of nitrogens with one attached hydrogen (secondary N) is 2. The Morgan fingerprint density at radius 2 is 1.79 bits per heavy atom. The van der Waals surface area contributed by atoms with Crippen LogP contribution in [0.5, 0.6) is 0 Å². The molecule has 0 bridgehead atoms. The molecule has 5 rings (SSSR count). The molecule has 0 radical (unpaired) electrons. The van der Waals surface area contributed by atoms with E-state index in [0.717, 1.165) is 75.6 Å². The molecule has 3 fully saturated rings. The van der Waals surface area contributed by atoms with Crippen molar-refractivity contribution in [2.45, 2.75) is 77.2 Å². The van der Waals surface area contributed by atoms with Crippen molar-refractivity contribution in [1.82, 2.24) is 20.0 Å². The number of thiocarbonyl (C=S) groups is 1. The number of nitrogens with zero attached hydrogens (tertiary/aromatic N) is 3. The molecule has 7 heteroatoms. The molecule has 2 N–H and O–H groups in total. The standard InChI is InChI=1S/C31H43N5OS/c1-4-24(3)28-29(37)36(27-13-17-34(18-14-27)22-25-10-6-5-7-11-25)31(33-28)15-19-35(20-16-31)30(38)32-26-12-8-9-23(2)21-26/h5-12,21,24,27-28,33H,4,13-20,22H2,1-3H3,(H,32,38)/t24-,28+/m0/s1. The number of piperidine rings is 2. The van der Waals surface area contributed by atoms with Crippen LogP contribution in [0.2, 0.25) is 0 Å². The van der Waals surface area contributed by atoms with Crippen molar-refractivity contribution < 1.29 is 4.79 Å². The summed E-state index contributed by atoms with van der Waals surface area (Å²) in [5, 5.41) is 8.09. The van der Waals surface area contributed by atoms with E-state index in [1.807, 2.05) is 0 Å². The van der Waals surface area contributed by atoms with Crippen molar-refractivity contribution in [2.75, 3.05) is 31.5 Å². The van der Waals surface area contributed by atoms with Crippen LogP contribution in [-0.4, -0.2) is 69.6 Å². The zero-order valence-corrected chi connectivity index (χ0v) is 24.0. The second kappa shape index (κ2) is 11.7. The molecule has 2 aromatic carbocycles. The number of rotatable bonds is 6. The molecule has 0 aromatic heterocycles. The van der Waals surface area contributed by atoms with E-state index in [4.69, 9.17) is 12.2 Å². The lowest BCUT2D eigenvalue weighted by atomic mass is 9.92. The molecule has 0 unspecified atom stereocenters. The van der Waals surface area contributed by atoms with Crippen LogP contribution in [0, 0.1) is 12.8 Å². The van der Waals surface area contributed by atoms with Gasteiger partial charge >= 0.3 is 0 Å². The summed E-state index contributed by atoms with van der Waals surface area (Å²) in [6, 6.07) is 19.2. The van der Waals surface area contributed by atoms with Gasteiger partial charge in [0.1, 0.15) is 0 Å². The summed E-state index contributed by atoms with van der Waals surface area (Å²) in [7, 11) is 0. The number of hydrogen-bond donors (Lipinski definition) is 2. The molecular formula is C31H43N5OS. The molecule has 38 heavy (non-hydrogen) atoms. The number of likely N-dealkylation sites (tertiary alicyclic amines) is 2. The first-order valence-electron chi connectivity index (χ1n) is 14.4. The van der Waals surface area contributed by atoms with E-state index in [-0.39, 0.29) is 11.7 Å². The van der Waals surface area contributed by atoms with Gasteiger partial charge in [0, 0.05) is 57.3 Å². The number of amides is 1. The summed E-state index contributed by atoms with van der Waals surface area (Å²) in [5.41, 5.74) is 3.34. The van der Waals surface area contributed by atoms with Crippen LogP contribution in [0.25, 0.3) is 0 Å². The maximum absolute atomic E-state index is 13.9. The monoisotopic (exact) mass is 533 g/mol. The molecule has 1 spiro atoms. The third kappa shape index (κ3) is 5.75. The molecule has 2 atom stereocenters. The van der Waals surface area contributed by atoms with E-state index >= 15 is 0 Å². The van der Waals surface area contributed by atoms with E-state index in [0.29, 0.717) is 17.9 Å². The average Bonchev–Trinajstić information content (AvgIpc) is 3.21. The lowest BCUT2D eigenvalue weighted by Gasteiger charge is -2.49. The van der Waals surface area contributed by atoms with Gasteiger partial charge in [-0.25, -0.2) is 0 Å². The minimum Gasteiger partial charge on any atom is -0.349 e. The summed E-state index contributed by atoms with van der Waals surface area (Å²) in [5.74, 6) is 0.638. The number of benzene rings is 2. The predicted molar refractivity (Wildman–Crippen MR) is 159 cm³/mol. The van der Waals surface area contributed by atoms with Gasteiger partial charge in [-0.15, -0.1) is 0 Å². The topological polar surface area (TPSA) is 50.9 Å². The van der Waals surface area contributed by atoms with Gasteiger partial charge in [-0.05, 0) is 61.2 Å². The third-order valence-electron chi connectivity index (χ3n) is 8.92. The summed E-state index contributed by atoms with van der Waals surface area (Å²) < 4.78 is 0. The Kier molecular flexibility index (Phi) is 8.36. The molecule has 3 aliphatic heterocycles. The Bertz CT molecular complexity index is 1110. The molecule has 6 nitrogen and oxygen atoms in total. The van der Waals surface area contributed by atoms with Crippen LogP contribution in [0.4, 0.5) is 5.69 Å². The molecule has 1 amide bonds. The highest BCUT2D eigenvalue weighted by Crippen LogP contribution is 2.39. The van der Waals surface area contributed by atoms with E-state index in [9.17, 15) is 4.79 Å². The van der Waals surface area contributed by atoms with Crippen molar-refractivity contribution in [2.24, 2.45) is 5.92 Å². The number of carbonyl (C=O) groups is 1. The smallest absolute Gasteiger partial charge is 0.241 e. The van der Waals surface area contributed by atoms with Gasteiger partial charge in [-0.3, -0.25) is 15.0 Å². The first-order chi connectivity index (χ1) is 18.4. The first kappa shape index (κ1) is 27.1. The van der Waals surface area contributed by atoms with Gasteiger partial charge in [0.2, 0.25) is 5.91 Å². The lowest BCUT2D eigenvalue weighted by molar-refractivity contribution is -0.138. The SMILES string of the molecule is CC[C@H](C)[C@H]1NC2(CCN(C(=S)Nc3cccc(C)c3)CC2)N(C2CCN(Cc3ccccc3)CC2)C1=O. The number of aryl methyl sites for hydroxylation is 1. The van der Waals surface area contributed by atoms with Gasteiger partial charge < -0.3 is 15.1 Å². The fraction of sp³-hybridized carbons (Fsp3) is 0.548. The maximum atomic E-state index is 13.9. The summed E-state index contributed by atoms with van der Waals surface area (Å²) in [6.07, 6.45) is 4.86. The van der Waals surface area contributed by atoms with E-state index in [2.05, 4.69) is 101 Å². The first-order valence-corrected chi connectivity index (χ1v) is 14.8. The molecule has 0 saturated carbocycles. The molecule has 0 aliphatic carbocycles. The Morgan fingerprint density at radius 3 is 2.45 bits per heavy atom. The van der Waals surface area contributed by atoms with Crippen molar-refractivity contribution in [3.05, 3.63) is 65.7 Å². The number of anilines is 1. The number of hydrogen-bond acceptors (Lipinski definition) is 4. The van der Waals surface area contributed by atoms with E-state index in [1.54, 1.807) is 0 Å². The molecule has 2 aromatic rings. The maximum Gasteiger partial charge on any atom is 0.241 e. The lowest BCUT2D eigenvalue weighted by Crippen LogP contribution is -2.63. The highest BCUT2D eigenvalue weighted by molar-refractivity contribution is 7.80. The Morgan fingerprint density at radius 1 is 1.08 bits per heavy atom. The highest BCUT2D eigenvalue weighted by atomic mass is 32.1. The molecule has 3 heterocycles.